The Balaban J connectivity index is 1.97. The Morgan fingerprint density at radius 2 is 1.71 bits per heavy atom. The molecular formula is C19H13N3O2. The first kappa shape index (κ1) is 14.1. The number of carbonyl (C=O) groups excluding carboxylic acids is 1. The van der Waals surface area contributed by atoms with Crippen LogP contribution in [0.5, 0.6) is 5.75 Å². The lowest BCUT2D eigenvalue weighted by Crippen LogP contribution is -2.11. The second-order valence-corrected chi connectivity index (χ2v) is 5.35. The highest BCUT2D eigenvalue weighted by atomic mass is 16.3. The maximum absolute atomic E-state index is 13.0. The lowest BCUT2D eigenvalue weighted by Gasteiger charge is -2.08. The van der Waals surface area contributed by atoms with Gasteiger partial charge in [-0.1, -0.05) is 30.3 Å². The SMILES string of the molecule is O=C(c1cccc(O)c1)c1cc2ccccc2n1-c1ncccn1. The van der Waals surface area contributed by atoms with Crippen molar-refractivity contribution in [2.24, 2.45) is 0 Å². The van der Waals surface area contributed by atoms with E-state index in [1.165, 1.54) is 12.1 Å². The molecule has 0 atom stereocenters. The normalized spacial score (nSPS) is 10.8. The third-order valence-corrected chi connectivity index (χ3v) is 3.80. The molecule has 0 radical (unpaired) electrons. The van der Waals surface area contributed by atoms with Crippen LogP contribution in [0.25, 0.3) is 16.9 Å². The van der Waals surface area contributed by atoms with Gasteiger partial charge in [0.05, 0.1) is 11.2 Å². The van der Waals surface area contributed by atoms with Crippen molar-refractivity contribution < 1.29 is 9.90 Å². The first-order valence-corrected chi connectivity index (χ1v) is 7.45. The lowest BCUT2D eigenvalue weighted by molar-refractivity contribution is 0.103. The number of phenolic OH excluding ortho intramolecular Hbond substituents is 1. The zero-order valence-electron chi connectivity index (χ0n) is 12.6. The average molecular weight is 315 g/mol. The smallest absolute Gasteiger partial charge is 0.234 e. The number of aromatic nitrogens is 3. The number of phenols is 1. The number of hydrogen-bond donors (Lipinski definition) is 1. The molecule has 0 spiro atoms. The van der Waals surface area contributed by atoms with E-state index in [1.807, 2.05) is 30.3 Å². The summed E-state index contributed by atoms with van der Waals surface area (Å²) in [5.41, 5.74) is 1.72. The standard InChI is InChI=1S/C19H13N3O2/c23-15-7-3-6-14(11-15)18(24)17-12-13-5-1-2-8-16(13)22(17)19-20-9-4-10-21-19/h1-12,23H. The second kappa shape index (κ2) is 5.62. The number of benzene rings is 2. The van der Waals surface area contributed by atoms with Crippen LogP contribution in [-0.4, -0.2) is 25.4 Å². The van der Waals surface area contributed by atoms with Crippen molar-refractivity contribution in [2.75, 3.05) is 0 Å². The lowest BCUT2D eigenvalue weighted by atomic mass is 10.1. The van der Waals surface area contributed by atoms with Crippen LogP contribution in [0.2, 0.25) is 0 Å². The second-order valence-electron chi connectivity index (χ2n) is 5.35. The van der Waals surface area contributed by atoms with Gasteiger partial charge in [-0.3, -0.25) is 9.36 Å². The summed E-state index contributed by atoms with van der Waals surface area (Å²) in [5.74, 6) is 0.288. The minimum atomic E-state index is -0.199. The number of ketones is 1. The Morgan fingerprint density at radius 1 is 0.917 bits per heavy atom. The molecule has 0 fully saturated rings. The summed E-state index contributed by atoms with van der Waals surface area (Å²) in [4.78, 5) is 21.5. The van der Waals surface area contributed by atoms with Crippen LogP contribution in [0.1, 0.15) is 16.1 Å². The molecule has 0 saturated heterocycles. The number of nitrogens with zero attached hydrogens (tertiary/aromatic N) is 3. The fourth-order valence-corrected chi connectivity index (χ4v) is 2.74. The average Bonchev–Trinajstić information content (AvgIpc) is 3.01. The van der Waals surface area contributed by atoms with Gasteiger partial charge < -0.3 is 5.11 Å². The van der Waals surface area contributed by atoms with Gasteiger partial charge in [-0.15, -0.1) is 0 Å². The fraction of sp³-hybridized carbons (Fsp3) is 0. The van der Waals surface area contributed by atoms with Crippen LogP contribution >= 0.6 is 0 Å². The van der Waals surface area contributed by atoms with E-state index in [0.717, 1.165) is 10.9 Å². The van der Waals surface area contributed by atoms with Crippen molar-refractivity contribution in [3.63, 3.8) is 0 Å². The van der Waals surface area contributed by atoms with E-state index in [9.17, 15) is 9.90 Å². The zero-order chi connectivity index (χ0) is 16.5. The highest BCUT2D eigenvalue weighted by Crippen LogP contribution is 2.25. The molecule has 24 heavy (non-hydrogen) atoms. The molecule has 116 valence electrons. The van der Waals surface area contributed by atoms with Gasteiger partial charge in [-0.05, 0) is 30.3 Å². The fourth-order valence-electron chi connectivity index (χ4n) is 2.74. The van der Waals surface area contributed by atoms with Crippen LogP contribution in [0.3, 0.4) is 0 Å². The van der Waals surface area contributed by atoms with Gasteiger partial charge in [0, 0.05) is 23.3 Å². The van der Waals surface area contributed by atoms with E-state index >= 15 is 0 Å². The summed E-state index contributed by atoms with van der Waals surface area (Å²) in [6.45, 7) is 0. The molecule has 0 unspecified atom stereocenters. The molecule has 5 heteroatoms. The predicted octanol–water partition coefficient (Wildman–Crippen LogP) is 3.36. The van der Waals surface area contributed by atoms with Crippen LogP contribution < -0.4 is 0 Å². The number of para-hydroxylation sites is 1. The molecule has 0 amide bonds. The van der Waals surface area contributed by atoms with Gasteiger partial charge in [0.15, 0.2) is 0 Å². The summed E-state index contributed by atoms with van der Waals surface area (Å²) in [6.07, 6.45) is 3.28. The zero-order valence-corrected chi connectivity index (χ0v) is 12.6. The number of rotatable bonds is 3. The quantitative estimate of drug-likeness (QED) is 0.589. The van der Waals surface area contributed by atoms with Gasteiger partial charge in [-0.25, -0.2) is 9.97 Å². The molecule has 2 heterocycles. The van der Waals surface area contributed by atoms with Gasteiger partial charge in [-0.2, -0.15) is 0 Å². The Hall–Kier alpha value is -3.47. The van der Waals surface area contributed by atoms with Gasteiger partial charge >= 0.3 is 0 Å². The molecule has 2 aromatic heterocycles. The summed E-state index contributed by atoms with van der Waals surface area (Å²) >= 11 is 0. The molecule has 2 aromatic carbocycles. The van der Waals surface area contributed by atoms with Crippen molar-refractivity contribution in [1.82, 2.24) is 14.5 Å². The molecule has 0 aliphatic rings. The third-order valence-electron chi connectivity index (χ3n) is 3.80. The molecular weight excluding hydrogens is 302 g/mol. The van der Waals surface area contributed by atoms with Crippen molar-refractivity contribution in [3.05, 3.63) is 84.3 Å². The van der Waals surface area contributed by atoms with E-state index < -0.39 is 0 Å². The first-order chi connectivity index (χ1) is 11.7. The maximum atomic E-state index is 13.0. The van der Waals surface area contributed by atoms with Gasteiger partial charge in [0.2, 0.25) is 11.7 Å². The van der Waals surface area contributed by atoms with E-state index in [1.54, 1.807) is 35.2 Å². The van der Waals surface area contributed by atoms with Crippen LogP contribution in [0.4, 0.5) is 0 Å². The summed E-state index contributed by atoms with van der Waals surface area (Å²) in [7, 11) is 0. The van der Waals surface area contributed by atoms with Crippen molar-refractivity contribution in [1.29, 1.82) is 0 Å². The maximum Gasteiger partial charge on any atom is 0.234 e. The van der Waals surface area contributed by atoms with Gasteiger partial charge in [0.25, 0.3) is 0 Å². The minimum Gasteiger partial charge on any atom is -0.508 e. The predicted molar refractivity (Wildman–Crippen MR) is 90.4 cm³/mol. The minimum absolute atomic E-state index is 0.0551. The van der Waals surface area contributed by atoms with Crippen molar-refractivity contribution in [3.8, 4) is 11.7 Å². The molecule has 5 nitrogen and oxygen atoms in total. The highest BCUT2D eigenvalue weighted by molar-refractivity contribution is 6.11. The van der Waals surface area contributed by atoms with E-state index in [0.29, 0.717) is 17.2 Å². The molecule has 4 aromatic rings. The largest absolute Gasteiger partial charge is 0.508 e. The summed E-state index contributed by atoms with van der Waals surface area (Å²) in [5, 5.41) is 10.6. The van der Waals surface area contributed by atoms with E-state index in [-0.39, 0.29) is 11.5 Å². The number of hydrogen-bond acceptors (Lipinski definition) is 4. The summed E-state index contributed by atoms with van der Waals surface area (Å²) < 4.78 is 1.74. The molecule has 0 aliphatic carbocycles. The first-order valence-electron chi connectivity index (χ1n) is 7.45. The Kier molecular flexibility index (Phi) is 3.31. The molecule has 0 saturated carbocycles. The van der Waals surface area contributed by atoms with Crippen LogP contribution in [0.15, 0.2) is 73.1 Å². The monoisotopic (exact) mass is 315 g/mol. The molecule has 1 N–H and O–H groups in total. The number of aromatic hydroxyl groups is 1. The Morgan fingerprint density at radius 3 is 2.50 bits per heavy atom. The Labute approximate surface area is 137 Å². The van der Waals surface area contributed by atoms with Crippen molar-refractivity contribution in [2.45, 2.75) is 0 Å². The van der Waals surface area contributed by atoms with E-state index in [2.05, 4.69) is 9.97 Å². The summed E-state index contributed by atoms with van der Waals surface area (Å²) in [6, 6.07) is 17.5. The number of fused-ring (bicyclic) bond motifs is 1. The molecule has 0 bridgehead atoms. The number of carbonyl (C=O) groups is 1. The molecule has 0 aliphatic heterocycles. The highest BCUT2D eigenvalue weighted by Gasteiger charge is 2.19. The van der Waals surface area contributed by atoms with Crippen LogP contribution in [-0.2, 0) is 0 Å². The van der Waals surface area contributed by atoms with E-state index in [4.69, 9.17) is 0 Å². The van der Waals surface area contributed by atoms with Crippen molar-refractivity contribution >= 4 is 16.7 Å². The topological polar surface area (TPSA) is 68.0 Å². The van der Waals surface area contributed by atoms with Crippen LogP contribution in [0, 0.1) is 0 Å². The molecule has 4 rings (SSSR count). The Bertz CT molecular complexity index is 1040. The third kappa shape index (κ3) is 2.32. The van der Waals surface area contributed by atoms with Gasteiger partial charge in [0.1, 0.15) is 5.75 Å².